The third kappa shape index (κ3) is 2.89. The van der Waals surface area contributed by atoms with Crippen LogP contribution < -0.4 is 4.90 Å². The molecule has 0 unspecified atom stereocenters. The van der Waals surface area contributed by atoms with Crippen molar-refractivity contribution in [3.05, 3.63) is 27.0 Å². The number of aryl methyl sites for hydroxylation is 2. The number of esters is 1. The van der Waals surface area contributed by atoms with Gasteiger partial charge in [0, 0.05) is 24.8 Å². The van der Waals surface area contributed by atoms with Gasteiger partial charge in [0.25, 0.3) is 0 Å². The standard InChI is InChI=1S/C15H19ClN4O3S/c1-8-11(9(2)19(3)18-8)10-7-23-6-5-20(10)15-17-13(16)12(24-15)14(21)22-4/h10H,5-7H2,1-4H3/t10-/m1/s1. The van der Waals surface area contributed by atoms with Crippen molar-refractivity contribution in [2.24, 2.45) is 7.05 Å². The minimum absolute atomic E-state index is 0.0137. The summed E-state index contributed by atoms with van der Waals surface area (Å²) in [7, 11) is 3.26. The van der Waals surface area contributed by atoms with E-state index < -0.39 is 5.97 Å². The van der Waals surface area contributed by atoms with Crippen molar-refractivity contribution >= 4 is 34.0 Å². The quantitative estimate of drug-likeness (QED) is 0.773. The van der Waals surface area contributed by atoms with E-state index in [-0.39, 0.29) is 11.2 Å². The number of thiazole rings is 1. The number of rotatable bonds is 3. The van der Waals surface area contributed by atoms with Gasteiger partial charge in [0.05, 0.1) is 32.1 Å². The van der Waals surface area contributed by atoms with Gasteiger partial charge < -0.3 is 14.4 Å². The van der Waals surface area contributed by atoms with Crippen molar-refractivity contribution < 1.29 is 14.3 Å². The number of nitrogens with zero attached hydrogens (tertiary/aromatic N) is 4. The van der Waals surface area contributed by atoms with Crippen LogP contribution in [0.15, 0.2) is 0 Å². The summed E-state index contributed by atoms with van der Waals surface area (Å²) >= 11 is 7.36. The molecule has 0 aromatic carbocycles. The first-order chi connectivity index (χ1) is 11.4. The van der Waals surface area contributed by atoms with Gasteiger partial charge in [0.2, 0.25) is 0 Å². The van der Waals surface area contributed by atoms with Gasteiger partial charge in [-0.05, 0) is 13.8 Å². The highest BCUT2D eigenvalue weighted by molar-refractivity contribution is 7.18. The maximum Gasteiger partial charge on any atom is 0.351 e. The molecule has 1 aliphatic heterocycles. The van der Waals surface area contributed by atoms with Crippen molar-refractivity contribution in [2.45, 2.75) is 19.9 Å². The van der Waals surface area contributed by atoms with Gasteiger partial charge in [-0.3, -0.25) is 4.68 Å². The molecule has 1 fully saturated rings. The Morgan fingerprint density at radius 1 is 1.46 bits per heavy atom. The number of aromatic nitrogens is 3. The van der Waals surface area contributed by atoms with Crippen LogP contribution in [-0.2, 0) is 16.5 Å². The van der Waals surface area contributed by atoms with Crippen LogP contribution in [0.3, 0.4) is 0 Å². The molecule has 1 saturated heterocycles. The fourth-order valence-corrected chi connectivity index (χ4v) is 4.25. The van der Waals surface area contributed by atoms with Crippen LogP contribution in [0.25, 0.3) is 0 Å². The number of carbonyl (C=O) groups excluding carboxylic acids is 1. The van der Waals surface area contributed by atoms with E-state index in [1.165, 1.54) is 18.4 Å². The van der Waals surface area contributed by atoms with E-state index >= 15 is 0 Å². The molecule has 7 nitrogen and oxygen atoms in total. The molecule has 0 saturated carbocycles. The van der Waals surface area contributed by atoms with Gasteiger partial charge in [-0.15, -0.1) is 0 Å². The Morgan fingerprint density at radius 3 is 2.83 bits per heavy atom. The van der Waals surface area contributed by atoms with Gasteiger partial charge in [0.15, 0.2) is 15.2 Å². The Morgan fingerprint density at radius 2 is 2.21 bits per heavy atom. The van der Waals surface area contributed by atoms with E-state index in [1.807, 2.05) is 25.6 Å². The summed E-state index contributed by atoms with van der Waals surface area (Å²) in [5, 5.41) is 5.36. The average molecular weight is 371 g/mol. The Bertz CT molecular complexity index is 773. The number of ether oxygens (including phenoxy) is 2. The van der Waals surface area contributed by atoms with Crippen molar-refractivity contribution in [1.29, 1.82) is 0 Å². The van der Waals surface area contributed by atoms with Crippen LogP contribution in [0.2, 0.25) is 5.15 Å². The first kappa shape index (κ1) is 17.2. The van der Waals surface area contributed by atoms with Gasteiger partial charge >= 0.3 is 5.97 Å². The zero-order valence-electron chi connectivity index (χ0n) is 14.0. The molecule has 0 aliphatic carbocycles. The van der Waals surface area contributed by atoms with Crippen molar-refractivity contribution in [3.8, 4) is 0 Å². The second-order valence-electron chi connectivity index (χ2n) is 5.60. The summed E-state index contributed by atoms with van der Waals surface area (Å²) in [6, 6.07) is -0.0137. The molecule has 0 N–H and O–H groups in total. The fraction of sp³-hybridized carbons (Fsp3) is 0.533. The number of hydrogen-bond donors (Lipinski definition) is 0. The van der Waals surface area contributed by atoms with Gasteiger partial charge in [-0.1, -0.05) is 22.9 Å². The number of hydrogen-bond acceptors (Lipinski definition) is 7. The number of morpholine rings is 1. The maximum atomic E-state index is 11.8. The summed E-state index contributed by atoms with van der Waals surface area (Å²) in [5.74, 6) is -0.470. The van der Waals surface area contributed by atoms with E-state index in [2.05, 4.69) is 15.0 Å². The lowest BCUT2D eigenvalue weighted by Gasteiger charge is -2.35. The smallest absolute Gasteiger partial charge is 0.351 e. The Balaban J connectivity index is 2.00. The largest absolute Gasteiger partial charge is 0.465 e. The predicted molar refractivity (Wildman–Crippen MR) is 92.1 cm³/mol. The van der Waals surface area contributed by atoms with Crippen molar-refractivity contribution in [2.75, 3.05) is 31.8 Å². The molecule has 24 heavy (non-hydrogen) atoms. The molecule has 0 radical (unpaired) electrons. The number of methoxy groups -OCH3 is 1. The van der Waals surface area contributed by atoms with Crippen LogP contribution >= 0.6 is 22.9 Å². The monoisotopic (exact) mass is 370 g/mol. The molecular formula is C15H19ClN4O3S. The molecule has 1 aliphatic rings. The molecular weight excluding hydrogens is 352 g/mol. The summed E-state index contributed by atoms with van der Waals surface area (Å²) in [6.45, 7) is 5.83. The molecule has 3 rings (SSSR count). The normalized spacial score (nSPS) is 18.0. The minimum Gasteiger partial charge on any atom is -0.465 e. The van der Waals surface area contributed by atoms with Crippen LogP contribution in [0.1, 0.15) is 32.7 Å². The number of carbonyl (C=O) groups is 1. The molecule has 0 spiro atoms. The Hall–Kier alpha value is -1.64. The summed E-state index contributed by atoms with van der Waals surface area (Å²) < 4.78 is 12.3. The van der Waals surface area contributed by atoms with Crippen molar-refractivity contribution in [1.82, 2.24) is 14.8 Å². The fourth-order valence-electron chi connectivity index (χ4n) is 2.98. The molecule has 1 atom stereocenters. The van der Waals surface area contributed by atoms with Crippen LogP contribution in [0, 0.1) is 13.8 Å². The Kier molecular flexibility index (Phi) is 4.80. The van der Waals surface area contributed by atoms with Crippen LogP contribution in [-0.4, -0.2) is 47.6 Å². The Labute approximate surface area is 149 Å². The second kappa shape index (κ2) is 6.70. The SMILES string of the molecule is COC(=O)c1sc(N2CCOC[C@@H]2c2c(C)nn(C)c2C)nc1Cl. The molecule has 3 heterocycles. The van der Waals surface area contributed by atoms with E-state index in [1.54, 1.807) is 0 Å². The summed E-state index contributed by atoms with van der Waals surface area (Å²) in [6.07, 6.45) is 0. The highest BCUT2D eigenvalue weighted by atomic mass is 35.5. The average Bonchev–Trinajstić information content (AvgIpc) is 3.07. The number of anilines is 1. The lowest BCUT2D eigenvalue weighted by Crippen LogP contribution is -2.40. The molecule has 0 bridgehead atoms. The maximum absolute atomic E-state index is 11.8. The zero-order valence-corrected chi connectivity index (χ0v) is 15.6. The zero-order chi connectivity index (χ0) is 17.4. The van der Waals surface area contributed by atoms with Crippen molar-refractivity contribution in [3.63, 3.8) is 0 Å². The summed E-state index contributed by atoms with van der Waals surface area (Å²) in [5.41, 5.74) is 3.18. The molecule has 9 heteroatoms. The lowest BCUT2D eigenvalue weighted by atomic mass is 10.0. The molecule has 130 valence electrons. The number of halogens is 1. The van der Waals surface area contributed by atoms with E-state index in [0.717, 1.165) is 17.0 Å². The highest BCUT2D eigenvalue weighted by Crippen LogP contribution is 2.37. The van der Waals surface area contributed by atoms with Gasteiger partial charge in [-0.25, -0.2) is 9.78 Å². The first-order valence-electron chi connectivity index (χ1n) is 7.53. The third-order valence-electron chi connectivity index (χ3n) is 4.22. The van der Waals surface area contributed by atoms with Gasteiger partial charge in [0.1, 0.15) is 0 Å². The topological polar surface area (TPSA) is 69.5 Å². The van der Waals surface area contributed by atoms with Crippen LogP contribution in [0.5, 0.6) is 0 Å². The lowest BCUT2D eigenvalue weighted by molar-refractivity contribution is 0.0606. The molecule has 2 aromatic rings. The summed E-state index contributed by atoms with van der Waals surface area (Å²) in [4.78, 5) is 18.6. The van der Waals surface area contributed by atoms with E-state index in [4.69, 9.17) is 21.1 Å². The second-order valence-corrected chi connectivity index (χ2v) is 6.94. The molecule has 0 amide bonds. The van der Waals surface area contributed by atoms with E-state index in [9.17, 15) is 4.79 Å². The van der Waals surface area contributed by atoms with Gasteiger partial charge in [-0.2, -0.15) is 5.10 Å². The molecule has 2 aromatic heterocycles. The van der Waals surface area contributed by atoms with Crippen LogP contribution in [0.4, 0.5) is 5.13 Å². The minimum atomic E-state index is -0.470. The highest BCUT2D eigenvalue weighted by Gasteiger charge is 2.32. The third-order valence-corrected chi connectivity index (χ3v) is 5.68. The van der Waals surface area contributed by atoms with E-state index in [0.29, 0.717) is 29.8 Å². The first-order valence-corrected chi connectivity index (χ1v) is 8.72. The predicted octanol–water partition coefficient (Wildman–Crippen LogP) is 2.51.